The van der Waals surface area contributed by atoms with E-state index in [0.717, 1.165) is 6.15 Å². The van der Waals surface area contributed by atoms with Crippen molar-refractivity contribution in [3.05, 3.63) is 0 Å². The van der Waals surface area contributed by atoms with E-state index in [1.54, 1.807) is 24.6 Å². The summed E-state index contributed by atoms with van der Waals surface area (Å²) in [4.78, 5) is 0. The highest BCUT2D eigenvalue weighted by Crippen LogP contribution is 2.58. The van der Waals surface area contributed by atoms with Crippen LogP contribution in [0.15, 0.2) is 0 Å². The van der Waals surface area contributed by atoms with E-state index in [1.807, 2.05) is 0 Å². The molecule has 0 saturated heterocycles. The molecule has 0 fully saturated rings. The summed E-state index contributed by atoms with van der Waals surface area (Å²) in [7, 11) is 0.672. The van der Waals surface area contributed by atoms with Gasteiger partial charge >= 0.3 is 0 Å². The van der Waals surface area contributed by atoms with Gasteiger partial charge in [-0.15, -0.1) is 15.6 Å². The van der Waals surface area contributed by atoms with Gasteiger partial charge < -0.3 is 0 Å². The highest BCUT2D eigenvalue weighted by atomic mass is 31.2. The molecule has 0 aliphatic carbocycles. The van der Waals surface area contributed by atoms with Gasteiger partial charge in [-0.25, -0.2) is 0 Å². The maximum atomic E-state index is 2.39. The van der Waals surface area contributed by atoms with Crippen LogP contribution >= 0.6 is 15.6 Å². The lowest BCUT2D eigenvalue weighted by atomic mass is 9.98. The van der Waals surface area contributed by atoms with Crippen molar-refractivity contribution < 1.29 is 0 Å². The Labute approximate surface area is 120 Å². The normalized spacial score (nSPS) is 11.5. The predicted molar refractivity (Wildman–Crippen MR) is 95.3 cm³/mol. The molecule has 0 aromatic heterocycles. The molecule has 0 aromatic carbocycles. The zero-order valence-electron chi connectivity index (χ0n) is 13.5. The van der Waals surface area contributed by atoms with Crippen LogP contribution in [-0.4, -0.2) is 30.8 Å². The molecule has 18 heavy (non-hydrogen) atoms. The van der Waals surface area contributed by atoms with E-state index in [-0.39, 0.29) is 0 Å². The number of hydrogen-bond donors (Lipinski definition) is 0. The van der Waals surface area contributed by atoms with Crippen molar-refractivity contribution in [2.45, 2.75) is 73.0 Å². The van der Waals surface area contributed by atoms with Crippen LogP contribution in [0.3, 0.4) is 0 Å². The summed E-state index contributed by atoms with van der Waals surface area (Å²) in [5.74, 6) is 0. The van der Waals surface area contributed by atoms with E-state index < -0.39 is 0 Å². The van der Waals surface area contributed by atoms with Gasteiger partial charge in [-0.1, -0.05) is 73.0 Å². The summed E-state index contributed by atoms with van der Waals surface area (Å²) >= 11 is 0. The van der Waals surface area contributed by atoms with Crippen LogP contribution in [-0.2, 0) is 0 Å². The van der Waals surface area contributed by atoms with Crippen LogP contribution in [0.1, 0.15) is 66.7 Å². The molecule has 0 nitrogen and oxygen atoms in total. The minimum absolute atomic E-state index is 0.336. The molecule has 0 amide bonds. The van der Waals surface area contributed by atoms with Crippen LogP contribution in [0.4, 0.5) is 0 Å². The molecule has 0 bridgehead atoms. The molecular formula is C15H35BP2. The average Bonchev–Trinajstić information content (AvgIpc) is 2.36. The third-order valence-corrected chi connectivity index (χ3v) is 11.7. The molecule has 0 spiro atoms. The topological polar surface area (TPSA) is 0 Å². The first-order chi connectivity index (χ1) is 8.74. The summed E-state index contributed by atoms with van der Waals surface area (Å²) in [5, 5.41) is 0. The second-order valence-corrected chi connectivity index (χ2v) is 11.1. The monoisotopic (exact) mass is 288 g/mol. The maximum absolute atomic E-state index is 2.39. The molecule has 108 valence electrons. The molecule has 0 saturated carbocycles. The minimum Gasteiger partial charge on any atom is -0.135 e. The molecule has 0 rings (SSSR count). The van der Waals surface area contributed by atoms with E-state index in [9.17, 15) is 0 Å². The van der Waals surface area contributed by atoms with Crippen LogP contribution in [0, 0.1) is 0 Å². The summed E-state index contributed by atoms with van der Waals surface area (Å²) in [6.07, 6.45) is 15.9. The third kappa shape index (κ3) is 7.50. The molecule has 0 atom stereocenters. The van der Waals surface area contributed by atoms with Crippen LogP contribution < -0.4 is 0 Å². The Kier molecular flexibility index (Phi) is 13.6. The summed E-state index contributed by atoms with van der Waals surface area (Å²) in [5.41, 5.74) is 0. The highest BCUT2D eigenvalue weighted by Gasteiger charge is 2.29. The van der Waals surface area contributed by atoms with Crippen molar-refractivity contribution in [1.29, 1.82) is 0 Å². The first kappa shape index (κ1) is 18.9. The van der Waals surface area contributed by atoms with Crippen molar-refractivity contribution >= 4 is 21.8 Å². The standard InChI is InChI=1S/C15H35BP2/c1-6-11-16(17(12-7-2)13-8-3)18(14-9-4)15-10-5/h6-15H2,1-5H3. The van der Waals surface area contributed by atoms with E-state index in [0.29, 0.717) is 15.6 Å². The Balaban J connectivity index is 4.69. The van der Waals surface area contributed by atoms with Crippen LogP contribution in [0.5, 0.6) is 0 Å². The molecule has 0 aliphatic heterocycles. The molecule has 0 radical (unpaired) electrons. The summed E-state index contributed by atoms with van der Waals surface area (Å²) in [6.45, 7) is 11.9. The van der Waals surface area contributed by atoms with Gasteiger partial charge in [-0.05, 0) is 24.6 Å². The average molecular weight is 288 g/mol. The van der Waals surface area contributed by atoms with Gasteiger partial charge in [0.05, 0.1) is 0 Å². The first-order valence-corrected chi connectivity index (χ1v) is 11.8. The van der Waals surface area contributed by atoms with Gasteiger partial charge in [0.2, 0.25) is 0 Å². The summed E-state index contributed by atoms with van der Waals surface area (Å²) in [6, 6.07) is 0. The zero-order chi connectivity index (χ0) is 13.8. The SMILES string of the molecule is CCCB(P(CCC)CCC)P(CCC)CCC. The van der Waals surface area contributed by atoms with Crippen molar-refractivity contribution in [3.8, 4) is 0 Å². The number of rotatable bonds is 12. The largest absolute Gasteiger partial charge is 0.199 e. The smallest absolute Gasteiger partial charge is 0.135 e. The fraction of sp³-hybridized carbons (Fsp3) is 1.00. The van der Waals surface area contributed by atoms with E-state index in [4.69, 9.17) is 0 Å². The van der Waals surface area contributed by atoms with Gasteiger partial charge in [0.15, 0.2) is 6.15 Å². The molecule has 0 N–H and O–H groups in total. The van der Waals surface area contributed by atoms with Gasteiger partial charge in [0, 0.05) is 0 Å². The molecule has 0 aliphatic rings. The van der Waals surface area contributed by atoms with Crippen molar-refractivity contribution in [3.63, 3.8) is 0 Å². The third-order valence-electron chi connectivity index (χ3n) is 3.43. The lowest BCUT2D eigenvalue weighted by Crippen LogP contribution is -2.16. The highest BCUT2D eigenvalue weighted by molar-refractivity contribution is 8.19. The maximum Gasteiger partial charge on any atom is 0.199 e. The van der Waals surface area contributed by atoms with Gasteiger partial charge in [-0.3, -0.25) is 0 Å². The Morgan fingerprint density at radius 3 is 1.11 bits per heavy atom. The van der Waals surface area contributed by atoms with Gasteiger partial charge in [0.1, 0.15) is 0 Å². The minimum atomic E-state index is 0.336. The van der Waals surface area contributed by atoms with E-state index in [1.165, 1.54) is 38.4 Å². The Hall–Kier alpha value is 0.925. The Morgan fingerprint density at radius 2 is 0.889 bits per heavy atom. The Morgan fingerprint density at radius 1 is 0.556 bits per heavy atom. The lowest BCUT2D eigenvalue weighted by molar-refractivity contribution is 1.05. The zero-order valence-corrected chi connectivity index (χ0v) is 15.3. The second kappa shape index (κ2) is 12.9. The van der Waals surface area contributed by atoms with E-state index >= 15 is 0 Å². The van der Waals surface area contributed by atoms with Gasteiger partial charge in [0.25, 0.3) is 0 Å². The molecule has 3 heteroatoms. The lowest BCUT2D eigenvalue weighted by Gasteiger charge is -2.32. The van der Waals surface area contributed by atoms with Gasteiger partial charge in [-0.2, -0.15) is 0 Å². The molecule has 0 aromatic rings. The predicted octanol–water partition coefficient (Wildman–Crippen LogP) is 6.49. The number of hydrogen-bond acceptors (Lipinski definition) is 0. The Bertz CT molecular complexity index is 148. The van der Waals surface area contributed by atoms with Crippen molar-refractivity contribution in [2.24, 2.45) is 0 Å². The molecule has 0 unspecified atom stereocenters. The quantitative estimate of drug-likeness (QED) is 0.284. The fourth-order valence-electron chi connectivity index (χ4n) is 2.82. The molecule has 0 heterocycles. The first-order valence-electron chi connectivity index (χ1n) is 8.23. The van der Waals surface area contributed by atoms with Crippen LogP contribution in [0.25, 0.3) is 0 Å². The van der Waals surface area contributed by atoms with Crippen LogP contribution in [0.2, 0.25) is 6.32 Å². The van der Waals surface area contributed by atoms with Crippen molar-refractivity contribution in [1.82, 2.24) is 0 Å². The van der Waals surface area contributed by atoms with E-state index in [2.05, 4.69) is 34.6 Å². The second-order valence-electron chi connectivity index (χ2n) is 5.34. The van der Waals surface area contributed by atoms with Crippen molar-refractivity contribution in [2.75, 3.05) is 24.6 Å². The molecular weight excluding hydrogens is 253 g/mol. The fourth-order valence-corrected chi connectivity index (χ4v) is 11.2. The summed E-state index contributed by atoms with van der Waals surface area (Å²) < 4.78 is 0.